The minimum Gasteiger partial charge on any atom is -0.394 e. The number of H-pyrrole nitrogens is 1. The summed E-state index contributed by atoms with van der Waals surface area (Å²) in [5, 5.41) is 29.6. The number of ketones is 1. The first kappa shape index (κ1) is 20.9. The average molecular weight is 452 g/mol. The summed E-state index contributed by atoms with van der Waals surface area (Å²) >= 11 is 3.53. The third-order valence-electron chi connectivity index (χ3n) is 4.91. The van der Waals surface area contributed by atoms with Crippen molar-refractivity contribution in [3.05, 3.63) is 46.3 Å². The maximum Gasteiger partial charge on any atom is 0.191 e. The van der Waals surface area contributed by atoms with Crippen molar-refractivity contribution in [3.8, 4) is 0 Å². The molecule has 0 saturated heterocycles. The van der Waals surface area contributed by atoms with Gasteiger partial charge in [-0.15, -0.1) is 5.11 Å². The van der Waals surface area contributed by atoms with Gasteiger partial charge in [0.2, 0.25) is 0 Å². The number of aromatic nitrogens is 1. The Balaban J connectivity index is 2.06. The van der Waals surface area contributed by atoms with E-state index in [-0.39, 0.29) is 23.8 Å². The highest BCUT2D eigenvalue weighted by molar-refractivity contribution is 9.09. The van der Waals surface area contributed by atoms with Crippen LogP contribution in [0.3, 0.4) is 0 Å². The summed E-state index contributed by atoms with van der Waals surface area (Å²) in [6.45, 7) is 7.17. The van der Waals surface area contributed by atoms with Crippen molar-refractivity contribution in [3.63, 3.8) is 0 Å². The number of alkyl halides is 1. The molecule has 1 aromatic heterocycles. The number of aromatic amines is 1. The summed E-state index contributed by atoms with van der Waals surface area (Å²) in [5.41, 5.74) is 3.90. The van der Waals surface area contributed by atoms with Crippen molar-refractivity contribution >= 4 is 21.7 Å². The third-order valence-corrected chi connectivity index (χ3v) is 5.54. The largest absolute Gasteiger partial charge is 0.394 e. The van der Waals surface area contributed by atoms with Gasteiger partial charge >= 0.3 is 0 Å². The van der Waals surface area contributed by atoms with Crippen LogP contribution >= 0.6 is 15.9 Å². The molecule has 9 heteroatoms. The van der Waals surface area contributed by atoms with Crippen LogP contribution < -0.4 is 5.43 Å². The van der Waals surface area contributed by atoms with Crippen LogP contribution in [0.4, 0.5) is 0 Å². The number of carbonyl (C=O) groups excluding carboxylic acids is 1. The number of aliphatic hydroxyl groups is 2. The van der Waals surface area contributed by atoms with Crippen molar-refractivity contribution in [2.45, 2.75) is 50.2 Å². The number of hydrogen-bond acceptors (Lipinski definition) is 7. The number of allylic oxidation sites excluding steroid dienone is 4. The van der Waals surface area contributed by atoms with E-state index in [1.54, 1.807) is 13.8 Å². The molecule has 0 bridgehead atoms. The summed E-state index contributed by atoms with van der Waals surface area (Å²) < 4.78 is 0. The van der Waals surface area contributed by atoms with Gasteiger partial charge in [0.15, 0.2) is 11.4 Å². The number of Topliss-reactive ketones (excluding diaryl/α,β-unsaturated/α-hetero) is 1. The molecule has 8 nitrogen and oxygen atoms in total. The molecule has 0 spiro atoms. The summed E-state index contributed by atoms with van der Waals surface area (Å²) in [4.78, 5) is 16.7. The second kappa shape index (κ2) is 7.55. The van der Waals surface area contributed by atoms with Crippen LogP contribution in [0, 0.1) is 6.92 Å². The standard InChI is InChI=1S/C19H26BrN5O3/c1-11-14(15(27)12-6-5-7-13(20)10-12)17(18(2,3)28)21-16(11)19(4)22-24-25(23-19)8-9-26/h5-7,13,21,23,26,28H,8-10H2,1-4H3. The monoisotopic (exact) mass is 451 g/mol. The molecule has 152 valence electrons. The quantitative estimate of drug-likeness (QED) is 0.392. The van der Waals surface area contributed by atoms with E-state index in [1.165, 1.54) is 5.12 Å². The molecule has 1 aromatic rings. The maximum atomic E-state index is 13.4. The molecule has 2 atom stereocenters. The van der Waals surface area contributed by atoms with E-state index in [9.17, 15) is 9.90 Å². The molecule has 2 heterocycles. The number of carbonyl (C=O) groups is 1. The lowest BCUT2D eigenvalue weighted by Gasteiger charge is -2.23. The van der Waals surface area contributed by atoms with Crippen molar-refractivity contribution in [1.82, 2.24) is 15.5 Å². The summed E-state index contributed by atoms with van der Waals surface area (Å²) in [6, 6.07) is 0. The molecule has 0 fully saturated rings. The lowest BCUT2D eigenvalue weighted by Crippen LogP contribution is -2.43. The Morgan fingerprint density at radius 1 is 1.50 bits per heavy atom. The molecule has 4 N–H and O–H groups in total. The van der Waals surface area contributed by atoms with Gasteiger partial charge in [-0.1, -0.05) is 39.4 Å². The normalized spacial score (nSPS) is 24.8. The SMILES string of the molecule is Cc1c(C2(C)N=NN(CCO)N2)[nH]c(C(C)(C)O)c1C(=O)C1=CC=CC(Br)C1. The Morgan fingerprint density at radius 3 is 2.82 bits per heavy atom. The summed E-state index contributed by atoms with van der Waals surface area (Å²) in [6.07, 6.45) is 6.25. The number of nitrogens with zero attached hydrogens (tertiary/aromatic N) is 3. The molecule has 2 aliphatic rings. The molecular formula is C19H26BrN5O3. The van der Waals surface area contributed by atoms with E-state index in [2.05, 4.69) is 36.7 Å². The fourth-order valence-corrected chi connectivity index (χ4v) is 4.06. The fraction of sp³-hybridized carbons (Fsp3) is 0.526. The Morgan fingerprint density at radius 2 is 2.21 bits per heavy atom. The smallest absolute Gasteiger partial charge is 0.191 e. The Labute approximate surface area is 172 Å². The van der Waals surface area contributed by atoms with Crippen LogP contribution in [0.25, 0.3) is 0 Å². The Hall–Kier alpha value is -1.81. The second-order valence-corrected chi connectivity index (χ2v) is 8.96. The van der Waals surface area contributed by atoms with Gasteiger partial charge in [-0.2, -0.15) is 5.43 Å². The van der Waals surface area contributed by atoms with Crippen LogP contribution in [-0.2, 0) is 11.3 Å². The molecule has 2 unspecified atom stereocenters. The topological polar surface area (TPSA) is 113 Å². The molecule has 1 aliphatic heterocycles. The van der Waals surface area contributed by atoms with E-state index in [0.717, 1.165) is 0 Å². The molecule has 0 radical (unpaired) electrons. The van der Waals surface area contributed by atoms with Gasteiger partial charge in [-0.3, -0.25) is 4.79 Å². The first-order valence-electron chi connectivity index (χ1n) is 9.18. The predicted octanol–water partition coefficient (Wildman–Crippen LogP) is 2.74. The molecule has 1 aliphatic carbocycles. The highest BCUT2D eigenvalue weighted by Gasteiger charge is 2.40. The van der Waals surface area contributed by atoms with Crippen molar-refractivity contribution in [2.75, 3.05) is 13.2 Å². The molecule has 0 amide bonds. The minimum atomic E-state index is -1.25. The van der Waals surface area contributed by atoms with Gasteiger partial charge in [0.05, 0.1) is 30.1 Å². The second-order valence-electron chi connectivity index (χ2n) is 7.78. The van der Waals surface area contributed by atoms with E-state index in [1.807, 2.05) is 32.1 Å². The van der Waals surface area contributed by atoms with Crippen LogP contribution in [0.5, 0.6) is 0 Å². The summed E-state index contributed by atoms with van der Waals surface area (Å²) in [5.74, 6) is -0.114. The average Bonchev–Trinajstić information content (AvgIpc) is 3.16. The molecular weight excluding hydrogens is 426 g/mol. The number of nitrogens with one attached hydrogen (secondary N) is 2. The molecule has 28 heavy (non-hydrogen) atoms. The first-order valence-corrected chi connectivity index (χ1v) is 10.1. The number of β-amino-alcohol motifs (C(OH)–C–C–N with tert-alkyl or cyclic N) is 1. The van der Waals surface area contributed by atoms with E-state index in [4.69, 9.17) is 5.11 Å². The lowest BCUT2D eigenvalue weighted by atomic mass is 9.89. The van der Waals surface area contributed by atoms with Crippen LogP contribution in [-0.4, -0.2) is 44.1 Å². The summed E-state index contributed by atoms with van der Waals surface area (Å²) in [7, 11) is 0. The molecule has 0 saturated carbocycles. The number of rotatable bonds is 6. The molecule has 0 aromatic carbocycles. The first-order chi connectivity index (χ1) is 13.1. The zero-order chi connectivity index (χ0) is 20.7. The van der Waals surface area contributed by atoms with Gasteiger partial charge in [-0.05, 0) is 39.7 Å². The lowest BCUT2D eigenvalue weighted by molar-refractivity contribution is 0.0715. The highest BCUT2D eigenvalue weighted by atomic mass is 79.9. The van der Waals surface area contributed by atoms with Gasteiger partial charge in [-0.25, -0.2) is 5.12 Å². The number of hydrogen-bond donors (Lipinski definition) is 4. The van der Waals surface area contributed by atoms with E-state index < -0.39 is 11.3 Å². The Bertz CT molecular complexity index is 868. The van der Waals surface area contributed by atoms with Crippen LogP contribution in [0.1, 0.15) is 54.5 Å². The van der Waals surface area contributed by atoms with Gasteiger partial charge in [0, 0.05) is 16.0 Å². The number of aliphatic hydroxyl groups excluding tert-OH is 1. The van der Waals surface area contributed by atoms with Gasteiger partial charge < -0.3 is 15.2 Å². The van der Waals surface area contributed by atoms with E-state index in [0.29, 0.717) is 34.5 Å². The fourth-order valence-electron chi connectivity index (χ4n) is 3.53. The minimum absolute atomic E-state index is 0.0696. The van der Waals surface area contributed by atoms with Crippen molar-refractivity contribution in [1.29, 1.82) is 0 Å². The Kier molecular flexibility index (Phi) is 5.64. The maximum absolute atomic E-state index is 13.4. The van der Waals surface area contributed by atoms with E-state index >= 15 is 0 Å². The van der Waals surface area contributed by atoms with Gasteiger partial charge in [0.1, 0.15) is 0 Å². The predicted molar refractivity (Wildman–Crippen MR) is 109 cm³/mol. The zero-order valence-electron chi connectivity index (χ0n) is 16.5. The van der Waals surface area contributed by atoms with Gasteiger partial charge in [0.25, 0.3) is 0 Å². The van der Waals surface area contributed by atoms with Crippen molar-refractivity contribution in [2.24, 2.45) is 10.3 Å². The van der Waals surface area contributed by atoms with Crippen LogP contribution in [0.15, 0.2) is 34.1 Å². The number of hydrazine groups is 1. The van der Waals surface area contributed by atoms with Crippen LogP contribution in [0.2, 0.25) is 0 Å². The van der Waals surface area contributed by atoms with Crippen molar-refractivity contribution < 1.29 is 15.0 Å². The highest BCUT2D eigenvalue weighted by Crippen LogP contribution is 2.37. The zero-order valence-corrected chi connectivity index (χ0v) is 18.0. The molecule has 3 rings (SSSR count). The third kappa shape index (κ3) is 3.84. The number of halogens is 1.